The number of carbonyl (C=O) groups excluding carboxylic acids is 1. The van der Waals surface area contributed by atoms with Crippen molar-refractivity contribution in [3.8, 4) is 0 Å². The summed E-state index contributed by atoms with van der Waals surface area (Å²) in [4.78, 5) is 15.3. The van der Waals surface area contributed by atoms with Crippen LogP contribution in [0.25, 0.3) is 0 Å². The largest absolute Gasteiger partial charge is 0.417 e. The number of alkyl halides is 2. The maximum absolute atomic E-state index is 13.1. The number of aliphatic imine (C=N–C) groups is 1. The lowest BCUT2D eigenvalue weighted by atomic mass is 10.0. The summed E-state index contributed by atoms with van der Waals surface area (Å²) in [6.45, 7) is 1.53. The van der Waals surface area contributed by atoms with Gasteiger partial charge in [0.2, 0.25) is 5.88 Å². The SMILES string of the molecule is C=N/C(=C\C=C(/C)C(=O)c1ccc(F)c(Br)c1)OC(F)F. The van der Waals surface area contributed by atoms with Crippen LogP contribution in [-0.4, -0.2) is 19.1 Å². The second-order valence-corrected chi connectivity index (χ2v) is 4.70. The van der Waals surface area contributed by atoms with Gasteiger partial charge in [0.25, 0.3) is 0 Å². The number of carbonyl (C=O) groups is 1. The van der Waals surface area contributed by atoms with Crippen molar-refractivity contribution in [1.29, 1.82) is 0 Å². The predicted octanol–water partition coefficient (Wildman–Crippen LogP) is 4.50. The number of nitrogens with zero attached hydrogens (tertiary/aromatic N) is 1. The van der Waals surface area contributed by atoms with Gasteiger partial charge in [0, 0.05) is 11.6 Å². The van der Waals surface area contributed by atoms with E-state index in [0.29, 0.717) is 0 Å². The molecule has 21 heavy (non-hydrogen) atoms. The quantitative estimate of drug-likeness (QED) is 0.246. The molecule has 112 valence electrons. The van der Waals surface area contributed by atoms with Gasteiger partial charge in [0.1, 0.15) is 5.82 Å². The Hall–Kier alpha value is -1.89. The number of halogens is 4. The smallest absolute Gasteiger partial charge is 0.388 e. The van der Waals surface area contributed by atoms with E-state index in [1.54, 1.807) is 0 Å². The molecule has 1 aromatic rings. The maximum Gasteiger partial charge on any atom is 0.388 e. The molecule has 0 saturated carbocycles. The third-order valence-corrected chi connectivity index (χ3v) is 2.99. The fourth-order valence-corrected chi connectivity index (χ4v) is 1.74. The van der Waals surface area contributed by atoms with Crippen LogP contribution in [0.2, 0.25) is 0 Å². The Bertz CT molecular complexity index is 612. The molecule has 0 aromatic heterocycles. The highest BCUT2D eigenvalue weighted by molar-refractivity contribution is 9.10. The first-order chi connectivity index (χ1) is 9.85. The summed E-state index contributed by atoms with van der Waals surface area (Å²) in [5.74, 6) is -1.28. The standard InChI is InChI=1S/C14H11BrF3NO2/c1-8(3-6-12(19-2)21-14(17)18)13(20)9-4-5-11(16)10(15)7-9/h3-7,14H,2H2,1H3/b8-3+,12-6+. The summed E-state index contributed by atoms with van der Waals surface area (Å²) in [6.07, 6.45) is 2.37. The van der Waals surface area contributed by atoms with Crippen molar-refractivity contribution in [3.63, 3.8) is 0 Å². The van der Waals surface area contributed by atoms with Crippen molar-refractivity contribution in [2.24, 2.45) is 4.99 Å². The van der Waals surface area contributed by atoms with Crippen LogP contribution < -0.4 is 0 Å². The van der Waals surface area contributed by atoms with Crippen LogP contribution in [0.5, 0.6) is 0 Å². The zero-order valence-electron chi connectivity index (χ0n) is 10.9. The molecule has 0 N–H and O–H groups in total. The Morgan fingerprint density at radius 1 is 1.43 bits per heavy atom. The molecule has 1 rings (SSSR count). The molecule has 7 heteroatoms. The Kier molecular flexibility index (Phi) is 6.36. The monoisotopic (exact) mass is 361 g/mol. The van der Waals surface area contributed by atoms with Crippen LogP contribution in [0.1, 0.15) is 17.3 Å². The molecule has 0 heterocycles. The van der Waals surface area contributed by atoms with Crippen molar-refractivity contribution in [2.45, 2.75) is 13.5 Å². The van der Waals surface area contributed by atoms with Gasteiger partial charge in [-0.25, -0.2) is 9.38 Å². The molecular formula is C14H11BrF3NO2. The second kappa shape index (κ2) is 7.78. The zero-order chi connectivity index (χ0) is 16.0. The number of hydrogen-bond donors (Lipinski definition) is 0. The lowest BCUT2D eigenvalue weighted by Crippen LogP contribution is -2.01. The molecule has 0 spiro atoms. The minimum absolute atomic E-state index is 0.158. The van der Waals surface area contributed by atoms with Gasteiger partial charge < -0.3 is 4.74 Å². The second-order valence-electron chi connectivity index (χ2n) is 3.85. The van der Waals surface area contributed by atoms with E-state index >= 15 is 0 Å². The molecule has 0 aliphatic heterocycles. The highest BCUT2D eigenvalue weighted by Crippen LogP contribution is 2.19. The molecule has 0 saturated heterocycles. The maximum atomic E-state index is 13.1. The van der Waals surface area contributed by atoms with Gasteiger partial charge in [0.15, 0.2) is 5.78 Å². The van der Waals surface area contributed by atoms with Gasteiger partial charge in [0.05, 0.1) is 4.47 Å². The Labute approximate surface area is 128 Å². The van der Waals surface area contributed by atoms with Crippen LogP contribution in [0, 0.1) is 5.82 Å². The van der Waals surface area contributed by atoms with E-state index in [0.717, 1.165) is 12.1 Å². The first kappa shape index (κ1) is 17.2. The van der Waals surface area contributed by atoms with Crippen molar-refractivity contribution >= 4 is 28.4 Å². The number of ketones is 1. The van der Waals surface area contributed by atoms with E-state index in [-0.39, 0.29) is 21.4 Å². The highest BCUT2D eigenvalue weighted by atomic mass is 79.9. The number of Topliss-reactive ketones (excluding diaryl/α,β-unsaturated/α-hetero) is 1. The van der Waals surface area contributed by atoms with Crippen LogP contribution in [0.3, 0.4) is 0 Å². The van der Waals surface area contributed by atoms with Gasteiger partial charge in [-0.1, -0.05) is 6.08 Å². The normalized spacial score (nSPS) is 12.5. The summed E-state index contributed by atoms with van der Waals surface area (Å²) >= 11 is 2.98. The Morgan fingerprint density at radius 3 is 2.62 bits per heavy atom. The van der Waals surface area contributed by atoms with E-state index in [2.05, 4.69) is 32.4 Å². The molecule has 0 aliphatic rings. The van der Waals surface area contributed by atoms with E-state index in [1.807, 2.05) is 0 Å². The molecule has 0 bridgehead atoms. The molecule has 0 amide bonds. The number of ether oxygens (including phenoxy) is 1. The Morgan fingerprint density at radius 2 is 2.10 bits per heavy atom. The summed E-state index contributed by atoms with van der Waals surface area (Å²) in [6, 6.07) is 3.81. The number of allylic oxidation sites excluding steroid dienone is 3. The molecule has 0 atom stereocenters. The third-order valence-electron chi connectivity index (χ3n) is 2.38. The van der Waals surface area contributed by atoms with Gasteiger partial charge >= 0.3 is 6.61 Å². The van der Waals surface area contributed by atoms with E-state index in [4.69, 9.17) is 0 Å². The van der Waals surface area contributed by atoms with Crippen molar-refractivity contribution < 1.29 is 22.7 Å². The number of rotatable bonds is 6. The van der Waals surface area contributed by atoms with Crippen LogP contribution >= 0.6 is 15.9 Å². The first-order valence-electron chi connectivity index (χ1n) is 5.65. The van der Waals surface area contributed by atoms with E-state index < -0.39 is 18.3 Å². The van der Waals surface area contributed by atoms with Crippen molar-refractivity contribution in [1.82, 2.24) is 0 Å². The predicted molar refractivity (Wildman–Crippen MR) is 76.9 cm³/mol. The number of benzene rings is 1. The molecule has 0 radical (unpaired) electrons. The topological polar surface area (TPSA) is 38.7 Å². The summed E-state index contributed by atoms with van der Waals surface area (Å²) in [7, 11) is 0. The molecule has 0 fully saturated rings. The van der Waals surface area contributed by atoms with E-state index in [1.165, 1.54) is 25.1 Å². The van der Waals surface area contributed by atoms with Gasteiger partial charge in [-0.15, -0.1) is 0 Å². The zero-order valence-corrected chi connectivity index (χ0v) is 12.5. The Balaban J connectivity index is 2.95. The fraction of sp³-hybridized carbons (Fsp3) is 0.143. The van der Waals surface area contributed by atoms with Gasteiger partial charge in [-0.05, 0) is 53.3 Å². The third kappa shape index (κ3) is 5.18. The minimum Gasteiger partial charge on any atom is -0.417 e. The van der Waals surface area contributed by atoms with Gasteiger partial charge in [-0.2, -0.15) is 8.78 Å². The summed E-state index contributed by atoms with van der Waals surface area (Å²) in [5.41, 5.74) is 0.501. The van der Waals surface area contributed by atoms with Crippen LogP contribution in [0.15, 0.2) is 51.3 Å². The highest BCUT2D eigenvalue weighted by Gasteiger charge is 2.10. The van der Waals surface area contributed by atoms with Crippen LogP contribution in [-0.2, 0) is 4.74 Å². The number of hydrogen-bond acceptors (Lipinski definition) is 3. The first-order valence-corrected chi connectivity index (χ1v) is 6.44. The van der Waals surface area contributed by atoms with E-state index in [9.17, 15) is 18.0 Å². The fourth-order valence-electron chi connectivity index (χ4n) is 1.36. The van der Waals surface area contributed by atoms with Crippen molar-refractivity contribution in [3.05, 3.63) is 57.7 Å². The van der Waals surface area contributed by atoms with Crippen molar-refractivity contribution in [2.75, 3.05) is 0 Å². The summed E-state index contributed by atoms with van der Waals surface area (Å²) in [5, 5.41) is 0. The van der Waals surface area contributed by atoms with Crippen LogP contribution in [0.4, 0.5) is 13.2 Å². The lowest BCUT2D eigenvalue weighted by molar-refractivity contribution is -0.0963. The average molecular weight is 362 g/mol. The molecule has 3 nitrogen and oxygen atoms in total. The van der Waals surface area contributed by atoms with Gasteiger partial charge in [-0.3, -0.25) is 4.79 Å². The molecule has 0 aliphatic carbocycles. The summed E-state index contributed by atoms with van der Waals surface area (Å²) < 4.78 is 41.4. The molecule has 1 aromatic carbocycles. The lowest BCUT2D eigenvalue weighted by Gasteiger charge is -2.04. The molecular weight excluding hydrogens is 351 g/mol. The average Bonchev–Trinajstić information content (AvgIpc) is 2.44. The molecule has 0 unspecified atom stereocenters. The minimum atomic E-state index is -3.03.